The predicted molar refractivity (Wildman–Crippen MR) is 101 cm³/mol. The van der Waals surface area contributed by atoms with Crippen molar-refractivity contribution in [1.29, 1.82) is 0 Å². The third-order valence-electron chi connectivity index (χ3n) is 3.80. The van der Waals surface area contributed by atoms with Gasteiger partial charge in [-0.3, -0.25) is 0 Å². The van der Waals surface area contributed by atoms with E-state index < -0.39 is 0 Å². The lowest BCUT2D eigenvalue weighted by Crippen LogP contribution is -2.19. The van der Waals surface area contributed by atoms with Gasteiger partial charge in [0.15, 0.2) is 5.82 Å². The Bertz CT molecular complexity index is 943. The molecule has 7 heteroatoms. The number of ether oxygens (including phenoxy) is 1. The summed E-state index contributed by atoms with van der Waals surface area (Å²) in [5.74, 6) is 5.14. The second kappa shape index (κ2) is 7.57. The molecular formula is C19H20N6O. The first kappa shape index (κ1) is 17.3. The fourth-order valence-corrected chi connectivity index (χ4v) is 2.60. The van der Waals surface area contributed by atoms with Gasteiger partial charge in [0.25, 0.3) is 0 Å². The topological polar surface area (TPSA) is 82.1 Å². The fraction of sp³-hybridized carbons (Fsp3) is 0.211. The highest BCUT2D eigenvalue weighted by Crippen LogP contribution is 2.22. The highest BCUT2D eigenvalue weighted by Gasteiger charge is 2.11. The van der Waals surface area contributed by atoms with E-state index in [0.29, 0.717) is 18.2 Å². The molecule has 0 aliphatic heterocycles. The molecule has 3 aromatic rings. The highest BCUT2D eigenvalue weighted by atomic mass is 16.5. The minimum absolute atomic E-state index is 0.232. The van der Waals surface area contributed by atoms with E-state index in [0.717, 1.165) is 22.8 Å². The van der Waals surface area contributed by atoms with E-state index in [1.54, 1.807) is 10.7 Å². The molecule has 1 aromatic carbocycles. The minimum atomic E-state index is 0.232. The van der Waals surface area contributed by atoms with Gasteiger partial charge < -0.3 is 15.4 Å². The van der Waals surface area contributed by atoms with Crippen LogP contribution in [0.15, 0.2) is 42.7 Å². The maximum absolute atomic E-state index is 5.98. The summed E-state index contributed by atoms with van der Waals surface area (Å²) >= 11 is 0. The van der Waals surface area contributed by atoms with Crippen molar-refractivity contribution in [3.8, 4) is 23.9 Å². The first-order chi connectivity index (χ1) is 12.6. The molecule has 26 heavy (non-hydrogen) atoms. The Labute approximate surface area is 152 Å². The van der Waals surface area contributed by atoms with Gasteiger partial charge in [0, 0.05) is 31.3 Å². The van der Waals surface area contributed by atoms with E-state index in [1.807, 2.05) is 49.2 Å². The van der Waals surface area contributed by atoms with E-state index in [-0.39, 0.29) is 6.61 Å². The quantitative estimate of drug-likeness (QED) is 0.688. The van der Waals surface area contributed by atoms with Crippen LogP contribution in [0.2, 0.25) is 0 Å². The maximum Gasteiger partial charge on any atom is 0.161 e. The Kier molecular flexibility index (Phi) is 5.04. The number of nitrogen functional groups attached to an aromatic ring is 1. The number of hydrogen-bond donors (Lipinski definition) is 1. The van der Waals surface area contributed by atoms with Crippen LogP contribution < -0.4 is 15.4 Å². The van der Waals surface area contributed by atoms with Crippen LogP contribution in [-0.2, 0) is 6.54 Å². The summed E-state index contributed by atoms with van der Waals surface area (Å²) in [6, 6.07) is 11.4. The van der Waals surface area contributed by atoms with Crippen LogP contribution in [0.4, 0.5) is 11.6 Å². The third kappa shape index (κ3) is 3.75. The molecule has 0 aliphatic rings. The van der Waals surface area contributed by atoms with Crippen molar-refractivity contribution in [3.05, 3.63) is 54.0 Å². The molecule has 0 fully saturated rings. The van der Waals surface area contributed by atoms with E-state index in [1.165, 1.54) is 6.33 Å². The fourth-order valence-electron chi connectivity index (χ4n) is 2.60. The van der Waals surface area contributed by atoms with Crippen molar-refractivity contribution in [2.75, 3.05) is 24.3 Å². The predicted octanol–water partition coefficient (Wildman–Crippen LogP) is 2.20. The van der Waals surface area contributed by atoms with Crippen LogP contribution >= 0.6 is 0 Å². The highest BCUT2D eigenvalue weighted by molar-refractivity contribution is 5.47. The third-order valence-corrected chi connectivity index (χ3v) is 3.80. The largest absolute Gasteiger partial charge is 0.481 e. The van der Waals surface area contributed by atoms with E-state index in [9.17, 15) is 0 Å². The molecule has 0 bridgehead atoms. The summed E-state index contributed by atoms with van der Waals surface area (Å²) in [6.07, 6.45) is 6.78. The zero-order valence-electron chi connectivity index (χ0n) is 14.8. The van der Waals surface area contributed by atoms with Crippen LogP contribution in [-0.4, -0.2) is 33.4 Å². The molecule has 0 atom stereocenters. The van der Waals surface area contributed by atoms with Crippen molar-refractivity contribution >= 4 is 11.6 Å². The Hall–Kier alpha value is -3.53. The molecule has 2 heterocycles. The van der Waals surface area contributed by atoms with Gasteiger partial charge in [-0.05, 0) is 13.0 Å². The molecule has 0 aliphatic carbocycles. The minimum Gasteiger partial charge on any atom is -0.481 e. The van der Waals surface area contributed by atoms with Gasteiger partial charge >= 0.3 is 0 Å². The Morgan fingerprint density at radius 3 is 2.81 bits per heavy atom. The number of aromatic nitrogens is 4. The molecular weight excluding hydrogens is 328 g/mol. The monoisotopic (exact) mass is 348 g/mol. The molecule has 2 aromatic heterocycles. The number of para-hydroxylation sites is 1. The molecule has 3 rings (SSSR count). The van der Waals surface area contributed by atoms with Gasteiger partial charge in [-0.25, -0.2) is 9.97 Å². The summed E-state index contributed by atoms with van der Waals surface area (Å²) in [5.41, 5.74) is 7.83. The van der Waals surface area contributed by atoms with Crippen LogP contribution in [0.3, 0.4) is 0 Å². The smallest absolute Gasteiger partial charge is 0.161 e. The Morgan fingerprint density at radius 2 is 2.08 bits per heavy atom. The number of nitrogens with zero attached hydrogens (tertiary/aromatic N) is 5. The number of anilines is 2. The van der Waals surface area contributed by atoms with Crippen LogP contribution in [0.1, 0.15) is 11.3 Å². The molecule has 0 saturated heterocycles. The van der Waals surface area contributed by atoms with Gasteiger partial charge in [-0.1, -0.05) is 24.1 Å². The number of nitrogens with two attached hydrogens (primary N) is 1. The first-order valence-corrected chi connectivity index (χ1v) is 8.08. The molecule has 7 nitrogen and oxygen atoms in total. The summed E-state index contributed by atoms with van der Waals surface area (Å²) < 4.78 is 7.20. The van der Waals surface area contributed by atoms with Crippen LogP contribution in [0.25, 0.3) is 5.82 Å². The lowest BCUT2D eigenvalue weighted by molar-refractivity contribution is 0.366. The van der Waals surface area contributed by atoms with Crippen molar-refractivity contribution in [3.63, 3.8) is 0 Å². The van der Waals surface area contributed by atoms with Crippen LogP contribution in [0.5, 0.6) is 5.75 Å². The van der Waals surface area contributed by atoms with Crippen molar-refractivity contribution < 1.29 is 4.74 Å². The summed E-state index contributed by atoms with van der Waals surface area (Å²) in [5, 5.41) is 4.36. The molecule has 0 spiro atoms. The van der Waals surface area contributed by atoms with E-state index >= 15 is 0 Å². The standard InChI is InChI=1S/C19H20N6O/c1-4-9-26-16-8-6-5-7-15(16)12-24(3)18-11-19(22-13-21-18)25-17(20)10-14(2)23-25/h1,5-8,10-11,13H,9,12,20H2,2-3H3. The first-order valence-electron chi connectivity index (χ1n) is 8.08. The Morgan fingerprint density at radius 1 is 1.27 bits per heavy atom. The zero-order valence-corrected chi connectivity index (χ0v) is 14.8. The lowest BCUT2D eigenvalue weighted by Gasteiger charge is -2.20. The SMILES string of the molecule is C#CCOc1ccccc1CN(C)c1cc(-n2nc(C)cc2N)ncn1. The summed E-state index contributed by atoms with van der Waals surface area (Å²) in [7, 11) is 1.95. The van der Waals surface area contributed by atoms with Crippen LogP contribution in [0, 0.1) is 19.3 Å². The zero-order chi connectivity index (χ0) is 18.5. The van der Waals surface area contributed by atoms with Gasteiger partial charge in [0.05, 0.1) is 5.69 Å². The molecule has 0 unspecified atom stereocenters. The molecule has 0 amide bonds. The molecule has 132 valence electrons. The van der Waals surface area contributed by atoms with E-state index in [2.05, 4.69) is 21.0 Å². The number of terminal acetylenes is 1. The normalized spacial score (nSPS) is 10.3. The van der Waals surface area contributed by atoms with E-state index in [4.69, 9.17) is 16.9 Å². The summed E-state index contributed by atoms with van der Waals surface area (Å²) in [4.78, 5) is 10.6. The number of aryl methyl sites for hydroxylation is 1. The molecule has 2 N–H and O–H groups in total. The molecule has 0 radical (unpaired) electrons. The number of hydrogen-bond acceptors (Lipinski definition) is 6. The van der Waals surface area contributed by atoms with Gasteiger partial charge in [-0.15, -0.1) is 6.42 Å². The van der Waals surface area contributed by atoms with Gasteiger partial charge in [-0.2, -0.15) is 9.78 Å². The number of rotatable bonds is 6. The van der Waals surface area contributed by atoms with Crippen molar-refractivity contribution in [1.82, 2.24) is 19.7 Å². The average Bonchev–Trinajstić information content (AvgIpc) is 2.99. The number of benzene rings is 1. The van der Waals surface area contributed by atoms with Crippen molar-refractivity contribution in [2.45, 2.75) is 13.5 Å². The second-order valence-electron chi connectivity index (χ2n) is 5.81. The lowest BCUT2D eigenvalue weighted by atomic mass is 10.2. The Balaban J connectivity index is 1.83. The average molecular weight is 348 g/mol. The van der Waals surface area contributed by atoms with Gasteiger partial charge in [0.1, 0.15) is 30.3 Å². The van der Waals surface area contributed by atoms with Crippen molar-refractivity contribution in [2.24, 2.45) is 0 Å². The maximum atomic E-state index is 5.98. The summed E-state index contributed by atoms with van der Waals surface area (Å²) in [6.45, 7) is 2.72. The second-order valence-corrected chi connectivity index (χ2v) is 5.81. The molecule has 0 saturated carbocycles. The van der Waals surface area contributed by atoms with Gasteiger partial charge in [0.2, 0.25) is 0 Å².